The molecule has 1 saturated heterocycles. The first-order chi connectivity index (χ1) is 14.9. The van der Waals surface area contributed by atoms with E-state index in [0.717, 1.165) is 31.2 Å². The minimum absolute atomic E-state index is 0.0272. The number of ether oxygens (including phenoxy) is 2. The van der Waals surface area contributed by atoms with E-state index in [-0.39, 0.29) is 22.3 Å². The number of fused-ring (bicyclic) bond motifs is 1. The average molecular weight is 444 g/mol. The topological polar surface area (TPSA) is 93.1 Å². The zero-order valence-corrected chi connectivity index (χ0v) is 18.1. The van der Waals surface area contributed by atoms with Gasteiger partial charge in [0.1, 0.15) is 11.3 Å². The number of anilines is 1. The van der Waals surface area contributed by atoms with Crippen LogP contribution in [0.5, 0.6) is 5.75 Å². The zero-order valence-electron chi connectivity index (χ0n) is 17.3. The van der Waals surface area contributed by atoms with Crippen molar-refractivity contribution < 1.29 is 27.8 Å². The molecule has 1 atom stereocenters. The van der Waals surface area contributed by atoms with Crippen molar-refractivity contribution in [2.45, 2.75) is 42.5 Å². The molecule has 8 heteroatoms. The van der Waals surface area contributed by atoms with Crippen LogP contribution >= 0.6 is 0 Å². The molecule has 1 N–H and O–H groups in total. The van der Waals surface area contributed by atoms with Gasteiger partial charge in [-0.3, -0.25) is 4.31 Å². The van der Waals surface area contributed by atoms with E-state index in [4.69, 9.17) is 4.74 Å². The van der Waals surface area contributed by atoms with Crippen LogP contribution in [0.2, 0.25) is 0 Å². The van der Waals surface area contributed by atoms with Crippen LogP contribution in [-0.4, -0.2) is 45.9 Å². The van der Waals surface area contributed by atoms with E-state index in [2.05, 4.69) is 10.8 Å². The third kappa shape index (κ3) is 3.47. The highest BCUT2D eigenvalue weighted by Gasteiger charge is 2.44. The second-order valence-electron chi connectivity index (χ2n) is 8.54. The van der Waals surface area contributed by atoms with Crippen molar-refractivity contribution in [3.8, 4) is 5.75 Å². The molecule has 2 aliphatic heterocycles. The van der Waals surface area contributed by atoms with E-state index >= 15 is 0 Å². The van der Waals surface area contributed by atoms with Gasteiger partial charge in [0, 0.05) is 12.0 Å². The summed E-state index contributed by atoms with van der Waals surface area (Å²) in [5.74, 6) is -0.369. The average Bonchev–Trinajstić information content (AvgIpc) is 3.56. The number of phenols is 1. The van der Waals surface area contributed by atoms with Gasteiger partial charge in [-0.1, -0.05) is 12.1 Å². The molecule has 2 heterocycles. The monoisotopic (exact) mass is 443 g/mol. The molecule has 0 bridgehead atoms. The van der Waals surface area contributed by atoms with Crippen molar-refractivity contribution in [2.75, 3.05) is 24.6 Å². The van der Waals surface area contributed by atoms with Gasteiger partial charge >= 0.3 is 5.97 Å². The first kappa shape index (κ1) is 20.3. The normalized spacial score (nSPS) is 21.3. The van der Waals surface area contributed by atoms with Crippen molar-refractivity contribution >= 4 is 21.7 Å². The summed E-state index contributed by atoms with van der Waals surface area (Å²) in [7, 11) is -2.75. The summed E-state index contributed by atoms with van der Waals surface area (Å²) in [6, 6.07) is 9.70. The minimum atomic E-state index is -3.95. The maximum Gasteiger partial charge on any atom is 0.341 e. The lowest BCUT2D eigenvalue weighted by Gasteiger charge is -2.39. The van der Waals surface area contributed by atoms with Crippen LogP contribution < -0.4 is 4.31 Å². The molecule has 7 nitrogen and oxygen atoms in total. The number of phenolic OH excluding ortho intramolecular Hbond substituents is 1. The van der Waals surface area contributed by atoms with Gasteiger partial charge in [-0.2, -0.15) is 0 Å². The van der Waals surface area contributed by atoms with E-state index in [0.29, 0.717) is 30.7 Å². The maximum absolute atomic E-state index is 13.8. The zero-order chi connectivity index (χ0) is 21.8. The summed E-state index contributed by atoms with van der Waals surface area (Å²) in [4.78, 5) is 12.0. The fraction of sp³-hybridized carbons (Fsp3) is 0.435. The van der Waals surface area contributed by atoms with E-state index in [1.54, 1.807) is 4.31 Å². The number of rotatable bonds is 5. The van der Waals surface area contributed by atoms with Crippen molar-refractivity contribution in [3.63, 3.8) is 0 Å². The molecule has 0 aromatic heterocycles. The fourth-order valence-corrected chi connectivity index (χ4v) is 6.39. The number of nitrogens with zero attached hydrogens (tertiary/aromatic N) is 1. The number of carbonyl (C=O) groups is 1. The fourth-order valence-electron chi connectivity index (χ4n) is 4.58. The Labute approximate surface area is 181 Å². The Morgan fingerprint density at radius 1 is 1.13 bits per heavy atom. The summed E-state index contributed by atoms with van der Waals surface area (Å²) >= 11 is 0. The molecule has 0 spiro atoms. The Bertz CT molecular complexity index is 1140. The number of sulfonamides is 1. The summed E-state index contributed by atoms with van der Waals surface area (Å²) in [6.07, 6.45) is 3.65. The second kappa shape index (κ2) is 7.53. The summed E-state index contributed by atoms with van der Waals surface area (Å²) in [5.41, 5.74) is 2.76. The lowest BCUT2D eigenvalue weighted by Crippen LogP contribution is -2.45. The molecule has 1 saturated carbocycles. The summed E-state index contributed by atoms with van der Waals surface area (Å²) in [5, 5.41) is 10.0. The highest BCUT2D eigenvalue weighted by atomic mass is 32.2. The highest BCUT2D eigenvalue weighted by Crippen LogP contribution is 2.46. The number of benzene rings is 2. The van der Waals surface area contributed by atoms with Crippen LogP contribution in [0.25, 0.3) is 0 Å². The minimum Gasteiger partial charge on any atom is -0.507 e. The highest BCUT2D eigenvalue weighted by molar-refractivity contribution is 7.92. The third-order valence-corrected chi connectivity index (χ3v) is 8.39. The molecule has 5 rings (SSSR count). The number of esters is 1. The van der Waals surface area contributed by atoms with Crippen LogP contribution in [0.15, 0.2) is 41.3 Å². The molecule has 2 fully saturated rings. The largest absolute Gasteiger partial charge is 0.507 e. The van der Waals surface area contributed by atoms with Crippen molar-refractivity contribution in [2.24, 2.45) is 5.92 Å². The van der Waals surface area contributed by atoms with Crippen LogP contribution in [0.4, 0.5) is 5.69 Å². The van der Waals surface area contributed by atoms with Gasteiger partial charge in [-0.25, -0.2) is 13.2 Å². The standard InChI is InChI=1S/C23H25NO6S/c1-29-23(26)19-11-18(6-9-22(19)25)31(27,28)24-20(14-2-3-14)8-5-16-10-15(4-7-21(16)24)17-12-30-13-17/h4,6-7,9-11,14,17,20,25H,2-3,5,8,12-13H2,1H3. The van der Waals surface area contributed by atoms with Gasteiger partial charge in [0.15, 0.2) is 0 Å². The van der Waals surface area contributed by atoms with Gasteiger partial charge < -0.3 is 14.6 Å². The van der Waals surface area contributed by atoms with Gasteiger partial charge in [-0.15, -0.1) is 0 Å². The predicted molar refractivity (Wildman–Crippen MR) is 114 cm³/mol. The summed E-state index contributed by atoms with van der Waals surface area (Å²) < 4.78 is 39.2. The van der Waals surface area contributed by atoms with E-state index in [9.17, 15) is 18.3 Å². The number of carbonyl (C=O) groups excluding carboxylic acids is 1. The molecule has 3 aliphatic rings. The van der Waals surface area contributed by atoms with Crippen molar-refractivity contribution in [3.05, 3.63) is 53.1 Å². The quantitative estimate of drug-likeness (QED) is 0.714. The molecule has 0 radical (unpaired) electrons. The van der Waals surface area contributed by atoms with Gasteiger partial charge in [-0.05, 0) is 67.0 Å². The summed E-state index contributed by atoms with van der Waals surface area (Å²) in [6.45, 7) is 1.41. The molecule has 1 aliphatic carbocycles. The van der Waals surface area contributed by atoms with Crippen LogP contribution in [-0.2, 0) is 25.9 Å². The van der Waals surface area contributed by atoms with Gasteiger partial charge in [0.2, 0.25) is 0 Å². The van der Waals surface area contributed by atoms with Gasteiger partial charge in [0.25, 0.3) is 10.0 Å². The molecule has 2 aromatic carbocycles. The van der Waals surface area contributed by atoms with Crippen LogP contribution in [0, 0.1) is 5.92 Å². The Morgan fingerprint density at radius 2 is 1.90 bits per heavy atom. The molecular weight excluding hydrogens is 418 g/mol. The molecule has 31 heavy (non-hydrogen) atoms. The number of methoxy groups -OCH3 is 1. The first-order valence-corrected chi connectivity index (χ1v) is 12.0. The van der Waals surface area contributed by atoms with Crippen LogP contribution in [0.3, 0.4) is 0 Å². The second-order valence-corrected chi connectivity index (χ2v) is 10.4. The molecule has 0 amide bonds. The SMILES string of the molecule is COC(=O)c1cc(S(=O)(=O)N2c3ccc(C4COC4)cc3CCC2C2CC2)ccc1O. The number of hydrogen-bond acceptors (Lipinski definition) is 6. The molecule has 164 valence electrons. The maximum atomic E-state index is 13.8. The third-order valence-electron chi connectivity index (χ3n) is 6.56. The lowest BCUT2D eigenvalue weighted by molar-refractivity contribution is 0.00839. The van der Waals surface area contributed by atoms with Gasteiger partial charge in [0.05, 0.1) is 30.9 Å². The number of aromatic hydroxyl groups is 1. The van der Waals surface area contributed by atoms with Crippen molar-refractivity contribution in [1.82, 2.24) is 0 Å². The van der Waals surface area contributed by atoms with E-state index < -0.39 is 16.0 Å². The Kier molecular flexibility index (Phi) is 4.94. The van der Waals surface area contributed by atoms with E-state index in [1.165, 1.54) is 30.9 Å². The first-order valence-electron chi connectivity index (χ1n) is 10.6. The predicted octanol–water partition coefficient (Wildman–Crippen LogP) is 3.21. The smallest absolute Gasteiger partial charge is 0.341 e. The van der Waals surface area contributed by atoms with Crippen LogP contribution in [0.1, 0.15) is 46.7 Å². The van der Waals surface area contributed by atoms with Crippen molar-refractivity contribution in [1.29, 1.82) is 0 Å². The Balaban J connectivity index is 1.59. The Hall–Kier alpha value is -2.58. The lowest BCUT2D eigenvalue weighted by atomic mass is 9.90. The number of aryl methyl sites for hydroxylation is 1. The Morgan fingerprint density at radius 3 is 2.55 bits per heavy atom. The molecular formula is C23H25NO6S. The van der Waals surface area contributed by atoms with E-state index in [1.807, 2.05) is 12.1 Å². The molecule has 1 unspecified atom stereocenters. The number of hydrogen-bond donors (Lipinski definition) is 1. The molecule has 2 aromatic rings.